The fourth-order valence-corrected chi connectivity index (χ4v) is 5.88. The Balaban J connectivity index is 1.16. The largest absolute Gasteiger partial charge is 0.493 e. The molecule has 2 fully saturated rings. The Hall–Kier alpha value is -2.22. The van der Waals surface area contributed by atoms with Gasteiger partial charge in [0.15, 0.2) is 0 Å². The molecule has 0 radical (unpaired) electrons. The van der Waals surface area contributed by atoms with E-state index in [1.54, 1.807) is 18.6 Å². The van der Waals surface area contributed by atoms with Gasteiger partial charge in [-0.05, 0) is 35.6 Å². The van der Waals surface area contributed by atoms with E-state index in [0.717, 1.165) is 44.3 Å². The van der Waals surface area contributed by atoms with E-state index in [1.807, 2.05) is 16.4 Å². The SMILES string of the molecule is C=CC12CN(c3ncc(Cl)cn3)CC1C2COc1ccc(C2=CCN(S(C)=O)CC2)cc1. The average Bonchev–Trinajstić information content (AvgIpc) is 3.22. The smallest absolute Gasteiger partial charge is 0.225 e. The molecule has 5 rings (SSSR count). The highest BCUT2D eigenvalue weighted by Gasteiger charge is 2.67. The Kier molecular flexibility index (Phi) is 5.82. The zero-order chi connectivity index (χ0) is 22.3. The van der Waals surface area contributed by atoms with E-state index >= 15 is 0 Å². The molecule has 8 heteroatoms. The van der Waals surface area contributed by atoms with Crippen LogP contribution in [-0.4, -0.2) is 57.5 Å². The van der Waals surface area contributed by atoms with Crippen LogP contribution in [0.3, 0.4) is 0 Å². The number of ether oxygens (including phenoxy) is 1. The Morgan fingerprint density at radius 2 is 2.06 bits per heavy atom. The third-order valence-corrected chi connectivity index (χ3v) is 8.35. The van der Waals surface area contributed by atoms with Crippen molar-refractivity contribution >= 4 is 34.1 Å². The van der Waals surface area contributed by atoms with Crippen molar-refractivity contribution in [3.63, 3.8) is 0 Å². The van der Waals surface area contributed by atoms with Gasteiger partial charge in [0.1, 0.15) is 5.75 Å². The number of benzene rings is 1. The van der Waals surface area contributed by atoms with Crippen molar-refractivity contribution in [2.24, 2.45) is 17.3 Å². The number of nitrogens with zero attached hydrogens (tertiary/aromatic N) is 4. The molecule has 1 aromatic carbocycles. The van der Waals surface area contributed by atoms with E-state index in [1.165, 1.54) is 11.1 Å². The number of aromatic nitrogens is 2. The molecule has 0 amide bonds. The van der Waals surface area contributed by atoms with Gasteiger partial charge < -0.3 is 9.64 Å². The van der Waals surface area contributed by atoms with Gasteiger partial charge in [0, 0.05) is 43.8 Å². The van der Waals surface area contributed by atoms with Gasteiger partial charge in [-0.3, -0.25) is 0 Å². The Morgan fingerprint density at radius 3 is 2.66 bits per heavy atom. The summed E-state index contributed by atoms with van der Waals surface area (Å²) >= 11 is 5.91. The maximum Gasteiger partial charge on any atom is 0.225 e. The molecule has 32 heavy (non-hydrogen) atoms. The van der Waals surface area contributed by atoms with Crippen LogP contribution in [0.1, 0.15) is 12.0 Å². The first-order valence-corrected chi connectivity index (χ1v) is 12.8. The highest BCUT2D eigenvalue weighted by molar-refractivity contribution is 7.81. The highest BCUT2D eigenvalue weighted by atomic mass is 35.5. The molecule has 2 aromatic rings. The van der Waals surface area contributed by atoms with Crippen molar-refractivity contribution in [1.82, 2.24) is 14.3 Å². The lowest BCUT2D eigenvalue weighted by atomic mass is 10.0. The summed E-state index contributed by atoms with van der Waals surface area (Å²) in [5.74, 6) is 2.59. The third kappa shape index (κ3) is 3.98. The van der Waals surface area contributed by atoms with Crippen molar-refractivity contribution in [3.8, 4) is 5.75 Å². The predicted octanol–water partition coefficient (Wildman–Crippen LogP) is 3.83. The summed E-state index contributed by atoms with van der Waals surface area (Å²) in [5, 5.41) is 0.549. The van der Waals surface area contributed by atoms with Crippen LogP contribution < -0.4 is 9.64 Å². The van der Waals surface area contributed by atoms with Crippen LogP contribution in [0.4, 0.5) is 5.95 Å². The second-order valence-corrected chi connectivity index (χ2v) is 10.5. The quantitative estimate of drug-likeness (QED) is 0.575. The first-order valence-electron chi connectivity index (χ1n) is 10.9. The van der Waals surface area contributed by atoms with Crippen LogP contribution in [0.15, 0.2) is 55.4 Å². The Labute approximate surface area is 196 Å². The molecule has 1 aromatic heterocycles. The van der Waals surface area contributed by atoms with Gasteiger partial charge in [0.05, 0.1) is 35.0 Å². The van der Waals surface area contributed by atoms with Crippen molar-refractivity contribution in [2.45, 2.75) is 6.42 Å². The lowest BCUT2D eigenvalue weighted by Crippen LogP contribution is -2.29. The molecule has 4 unspecified atom stereocenters. The molecule has 2 aliphatic heterocycles. The zero-order valence-electron chi connectivity index (χ0n) is 18.1. The molecule has 3 heterocycles. The number of rotatable bonds is 7. The van der Waals surface area contributed by atoms with Gasteiger partial charge in [-0.2, -0.15) is 0 Å². The number of hydrogen-bond acceptors (Lipinski definition) is 5. The summed E-state index contributed by atoms with van der Waals surface area (Å²) in [4.78, 5) is 10.9. The second-order valence-electron chi connectivity index (χ2n) is 8.74. The Morgan fingerprint density at radius 1 is 1.31 bits per heavy atom. The Bertz CT molecular complexity index is 1060. The molecular formula is C24H27ClN4O2S. The minimum absolute atomic E-state index is 0.0705. The van der Waals surface area contributed by atoms with Crippen LogP contribution in [0, 0.1) is 17.3 Å². The van der Waals surface area contributed by atoms with Crippen molar-refractivity contribution in [3.05, 3.63) is 66.0 Å². The number of fused-ring (bicyclic) bond motifs is 1. The first-order chi connectivity index (χ1) is 15.5. The lowest BCUT2D eigenvalue weighted by Gasteiger charge is -2.24. The second kappa shape index (κ2) is 8.61. The molecule has 4 atom stereocenters. The molecule has 168 valence electrons. The van der Waals surface area contributed by atoms with Gasteiger partial charge in [-0.1, -0.05) is 35.9 Å². The van der Waals surface area contributed by atoms with Crippen LogP contribution in [0.5, 0.6) is 5.75 Å². The summed E-state index contributed by atoms with van der Waals surface area (Å²) in [6, 6.07) is 8.34. The lowest BCUT2D eigenvalue weighted by molar-refractivity contribution is 0.275. The maximum atomic E-state index is 11.6. The van der Waals surface area contributed by atoms with Crippen LogP contribution >= 0.6 is 11.6 Å². The van der Waals surface area contributed by atoms with Crippen LogP contribution in [0.25, 0.3) is 5.57 Å². The standard InChI is InChI=1S/C24H27ClN4O2S/c1-3-24-16-28(23-26-12-19(25)13-27-23)14-21(24)22(24)15-31-20-6-4-17(5-7-20)18-8-10-29(11-9-18)32(2)30/h3-8,12-13,21-22H,1,9-11,14-16H2,2H3. The van der Waals surface area contributed by atoms with Gasteiger partial charge >= 0.3 is 0 Å². The summed E-state index contributed by atoms with van der Waals surface area (Å²) in [7, 11) is -0.903. The third-order valence-electron chi connectivity index (χ3n) is 7.10. The topological polar surface area (TPSA) is 58.6 Å². The zero-order valence-corrected chi connectivity index (χ0v) is 19.7. The van der Waals surface area contributed by atoms with E-state index in [-0.39, 0.29) is 5.41 Å². The van der Waals surface area contributed by atoms with Crippen LogP contribution in [0.2, 0.25) is 5.02 Å². The average molecular weight is 471 g/mol. The molecule has 1 saturated heterocycles. The first kappa shape index (κ1) is 21.6. The molecule has 3 aliphatic rings. The molecule has 0 N–H and O–H groups in total. The summed E-state index contributed by atoms with van der Waals surface area (Å²) < 4.78 is 19.7. The number of hydrogen-bond donors (Lipinski definition) is 0. The van der Waals surface area contributed by atoms with Crippen molar-refractivity contribution in [1.29, 1.82) is 0 Å². The summed E-state index contributed by atoms with van der Waals surface area (Å²) in [5.41, 5.74) is 2.59. The molecule has 1 aliphatic carbocycles. The number of halogens is 1. The molecule has 6 nitrogen and oxygen atoms in total. The van der Waals surface area contributed by atoms with Crippen molar-refractivity contribution < 1.29 is 8.95 Å². The number of piperidine rings is 1. The molecule has 0 spiro atoms. The number of anilines is 1. The fraction of sp³-hybridized carbons (Fsp3) is 0.417. The molecule has 0 bridgehead atoms. The van der Waals surface area contributed by atoms with Crippen molar-refractivity contribution in [2.75, 3.05) is 43.9 Å². The van der Waals surface area contributed by atoms with E-state index < -0.39 is 11.0 Å². The van der Waals surface area contributed by atoms with Crippen LogP contribution in [-0.2, 0) is 11.0 Å². The maximum absolute atomic E-state index is 11.6. The fourth-order valence-electron chi connectivity index (χ4n) is 5.15. The summed E-state index contributed by atoms with van der Waals surface area (Å²) in [6.07, 6.45) is 10.2. The predicted molar refractivity (Wildman–Crippen MR) is 129 cm³/mol. The molecular weight excluding hydrogens is 444 g/mol. The van der Waals surface area contributed by atoms with Gasteiger partial charge in [-0.15, -0.1) is 6.58 Å². The molecule has 1 saturated carbocycles. The minimum Gasteiger partial charge on any atom is -0.493 e. The monoisotopic (exact) mass is 470 g/mol. The van der Waals surface area contributed by atoms with E-state index in [2.05, 4.69) is 45.7 Å². The van der Waals surface area contributed by atoms with Gasteiger partial charge in [0.25, 0.3) is 0 Å². The highest BCUT2D eigenvalue weighted by Crippen LogP contribution is 2.64. The summed E-state index contributed by atoms with van der Waals surface area (Å²) in [6.45, 7) is 8.14. The minimum atomic E-state index is -0.903. The van der Waals surface area contributed by atoms with Gasteiger partial charge in [0.2, 0.25) is 5.95 Å². The normalized spacial score (nSPS) is 28.1. The van der Waals surface area contributed by atoms with E-state index in [4.69, 9.17) is 16.3 Å². The van der Waals surface area contributed by atoms with E-state index in [0.29, 0.717) is 23.5 Å². The van der Waals surface area contributed by atoms with Gasteiger partial charge in [-0.25, -0.2) is 18.5 Å². The van der Waals surface area contributed by atoms with E-state index in [9.17, 15) is 4.21 Å².